The molecule has 8 heteroatoms. The zero-order valence-corrected chi connectivity index (χ0v) is 12.4. The van der Waals surface area contributed by atoms with E-state index in [1.165, 1.54) is 22.1 Å². The third-order valence-electron chi connectivity index (χ3n) is 2.89. The minimum atomic E-state index is -3.79. The van der Waals surface area contributed by atoms with E-state index in [1.54, 1.807) is 13.8 Å². The molecule has 1 atom stereocenters. The van der Waals surface area contributed by atoms with Crippen LogP contribution in [0, 0.1) is 17.2 Å². The van der Waals surface area contributed by atoms with Gasteiger partial charge < -0.3 is 9.67 Å². The van der Waals surface area contributed by atoms with Crippen molar-refractivity contribution >= 4 is 16.0 Å². The largest absolute Gasteiger partial charge is 0.477 e. The van der Waals surface area contributed by atoms with Crippen LogP contribution in [-0.2, 0) is 17.1 Å². The normalized spacial score (nSPS) is 13.2. The summed E-state index contributed by atoms with van der Waals surface area (Å²) in [7, 11) is -2.32. The first-order valence-electron chi connectivity index (χ1n) is 6.03. The molecule has 1 N–H and O–H groups in total. The molecule has 0 aliphatic heterocycles. The summed E-state index contributed by atoms with van der Waals surface area (Å²) in [5, 5.41) is 17.7. The number of nitriles is 1. The lowest BCUT2D eigenvalue weighted by atomic mass is 10.2. The molecule has 0 aliphatic rings. The van der Waals surface area contributed by atoms with Crippen molar-refractivity contribution in [2.45, 2.75) is 18.7 Å². The number of carboxylic acids is 1. The van der Waals surface area contributed by atoms with Gasteiger partial charge in [-0.15, -0.1) is 0 Å². The maximum absolute atomic E-state index is 12.4. The van der Waals surface area contributed by atoms with Crippen molar-refractivity contribution in [3.05, 3.63) is 18.0 Å². The Morgan fingerprint density at radius 2 is 2.20 bits per heavy atom. The van der Waals surface area contributed by atoms with E-state index in [0.717, 1.165) is 6.07 Å². The molecule has 1 rings (SSSR count). The van der Waals surface area contributed by atoms with Gasteiger partial charge in [0.05, 0.1) is 12.0 Å². The number of hydrogen-bond donors (Lipinski definition) is 1. The predicted molar refractivity (Wildman–Crippen MR) is 71.6 cm³/mol. The van der Waals surface area contributed by atoms with Crippen LogP contribution in [0.15, 0.2) is 17.2 Å². The second-order valence-electron chi connectivity index (χ2n) is 4.46. The van der Waals surface area contributed by atoms with Gasteiger partial charge in [-0.25, -0.2) is 13.2 Å². The summed E-state index contributed by atoms with van der Waals surface area (Å²) < 4.78 is 27.2. The van der Waals surface area contributed by atoms with E-state index in [-0.39, 0.29) is 23.7 Å². The minimum absolute atomic E-state index is 0.0760. The van der Waals surface area contributed by atoms with Gasteiger partial charge in [0.2, 0.25) is 10.0 Å². The Kier molecular flexibility index (Phi) is 4.92. The van der Waals surface area contributed by atoms with Crippen LogP contribution in [0.4, 0.5) is 0 Å². The number of carbonyl (C=O) groups is 1. The molecule has 0 bridgehead atoms. The second kappa shape index (κ2) is 6.07. The van der Waals surface area contributed by atoms with Crippen molar-refractivity contribution < 1.29 is 18.3 Å². The molecular weight excluding hydrogens is 282 g/mol. The number of nitrogens with zero attached hydrogens (tertiary/aromatic N) is 3. The average Bonchev–Trinajstić information content (AvgIpc) is 2.78. The summed E-state index contributed by atoms with van der Waals surface area (Å²) in [6, 6.07) is 3.11. The third kappa shape index (κ3) is 3.18. The Morgan fingerprint density at radius 3 is 2.60 bits per heavy atom. The number of aromatic carboxylic acids is 1. The van der Waals surface area contributed by atoms with Gasteiger partial charge in [0.25, 0.3) is 0 Å². The minimum Gasteiger partial charge on any atom is -0.477 e. The molecule has 0 aromatic carbocycles. The lowest BCUT2D eigenvalue weighted by molar-refractivity contribution is 0.0686. The predicted octanol–water partition coefficient (Wildman–Crippen LogP) is 0.894. The molecule has 0 radical (unpaired) electrons. The van der Waals surface area contributed by atoms with Gasteiger partial charge in [0, 0.05) is 26.3 Å². The maximum atomic E-state index is 12.4. The number of rotatable bonds is 6. The molecule has 0 aliphatic carbocycles. The topological polar surface area (TPSA) is 103 Å². The highest BCUT2D eigenvalue weighted by molar-refractivity contribution is 7.89. The molecule has 7 nitrogen and oxygen atoms in total. The highest BCUT2D eigenvalue weighted by Gasteiger charge is 2.27. The summed E-state index contributed by atoms with van der Waals surface area (Å²) in [6.07, 6.45) is 1.26. The third-order valence-corrected chi connectivity index (χ3v) is 4.79. The molecule has 0 spiro atoms. The molecule has 1 unspecified atom stereocenters. The molecule has 1 aromatic rings. The molecule has 0 saturated heterocycles. The van der Waals surface area contributed by atoms with Crippen molar-refractivity contribution in [2.75, 3.05) is 13.1 Å². The summed E-state index contributed by atoms with van der Waals surface area (Å²) in [5.41, 5.74) is -0.104. The first kappa shape index (κ1) is 16.2. The molecule has 20 heavy (non-hydrogen) atoms. The van der Waals surface area contributed by atoms with Crippen LogP contribution in [0.3, 0.4) is 0 Å². The van der Waals surface area contributed by atoms with Crippen LogP contribution in [0.5, 0.6) is 0 Å². The van der Waals surface area contributed by atoms with Crippen molar-refractivity contribution in [3.63, 3.8) is 0 Å². The Hall–Kier alpha value is -1.85. The molecule has 0 saturated carbocycles. The number of aryl methyl sites for hydroxylation is 1. The van der Waals surface area contributed by atoms with Crippen LogP contribution < -0.4 is 0 Å². The fourth-order valence-electron chi connectivity index (χ4n) is 1.78. The second-order valence-corrected chi connectivity index (χ2v) is 6.40. The van der Waals surface area contributed by atoms with E-state index < -0.39 is 21.9 Å². The lowest BCUT2D eigenvalue weighted by Gasteiger charge is -2.20. The lowest BCUT2D eigenvalue weighted by Crippen LogP contribution is -2.34. The van der Waals surface area contributed by atoms with Crippen LogP contribution in [0.1, 0.15) is 24.3 Å². The van der Waals surface area contributed by atoms with Crippen LogP contribution in [0.2, 0.25) is 0 Å². The number of aromatic nitrogens is 1. The smallest absolute Gasteiger partial charge is 0.352 e. The summed E-state index contributed by atoms with van der Waals surface area (Å²) in [4.78, 5) is 10.9. The number of hydrogen-bond acceptors (Lipinski definition) is 4. The monoisotopic (exact) mass is 299 g/mol. The molecular formula is C12H17N3O4S. The zero-order valence-electron chi connectivity index (χ0n) is 11.6. The number of carboxylic acid groups (broad SMARTS) is 1. The van der Waals surface area contributed by atoms with E-state index in [2.05, 4.69) is 0 Å². The molecule has 0 fully saturated rings. The first-order valence-corrected chi connectivity index (χ1v) is 7.47. The standard InChI is InChI=1S/C12H17N3O4S/c1-4-15(7-9(2)6-13)20(18,19)10-5-11(12(16)17)14(3)8-10/h5,8-9H,4,7H2,1-3H3,(H,16,17). The van der Waals surface area contributed by atoms with Crippen LogP contribution >= 0.6 is 0 Å². The number of sulfonamides is 1. The van der Waals surface area contributed by atoms with Gasteiger partial charge in [0.1, 0.15) is 10.6 Å². The van der Waals surface area contributed by atoms with Gasteiger partial charge in [-0.05, 0) is 13.0 Å². The SMILES string of the molecule is CCN(CC(C)C#N)S(=O)(=O)c1cc(C(=O)O)n(C)c1. The Bertz CT molecular complexity index is 642. The van der Waals surface area contributed by atoms with Gasteiger partial charge in [0.15, 0.2) is 0 Å². The molecule has 1 aromatic heterocycles. The van der Waals surface area contributed by atoms with Gasteiger partial charge in [-0.3, -0.25) is 0 Å². The Balaban J connectivity index is 3.18. The van der Waals surface area contributed by atoms with E-state index in [4.69, 9.17) is 10.4 Å². The highest BCUT2D eigenvalue weighted by Crippen LogP contribution is 2.19. The fraction of sp³-hybridized carbons (Fsp3) is 0.500. The van der Waals surface area contributed by atoms with E-state index in [1.807, 2.05) is 6.07 Å². The first-order chi connectivity index (χ1) is 9.23. The highest BCUT2D eigenvalue weighted by atomic mass is 32.2. The molecule has 110 valence electrons. The maximum Gasteiger partial charge on any atom is 0.352 e. The van der Waals surface area contributed by atoms with Gasteiger partial charge in [-0.2, -0.15) is 9.57 Å². The van der Waals surface area contributed by atoms with Gasteiger partial charge in [-0.1, -0.05) is 6.92 Å². The average molecular weight is 299 g/mol. The van der Waals surface area contributed by atoms with Crippen molar-refractivity contribution in [1.29, 1.82) is 5.26 Å². The van der Waals surface area contributed by atoms with Crippen molar-refractivity contribution in [3.8, 4) is 6.07 Å². The fourth-order valence-corrected chi connectivity index (χ4v) is 3.39. The van der Waals surface area contributed by atoms with Crippen LogP contribution in [-0.4, -0.2) is 41.5 Å². The summed E-state index contributed by atoms with van der Waals surface area (Å²) >= 11 is 0. The summed E-state index contributed by atoms with van der Waals surface area (Å²) in [5.74, 6) is -1.63. The zero-order chi connectivity index (χ0) is 15.5. The van der Waals surface area contributed by atoms with Crippen molar-refractivity contribution in [2.24, 2.45) is 13.0 Å². The van der Waals surface area contributed by atoms with E-state index in [0.29, 0.717) is 0 Å². The molecule has 1 heterocycles. The Labute approximate surface area is 118 Å². The quantitative estimate of drug-likeness (QED) is 0.840. The van der Waals surface area contributed by atoms with Crippen molar-refractivity contribution in [1.82, 2.24) is 8.87 Å². The Morgan fingerprint density at radius 1 is 1.60 bits per heavy atom. The molecule has 0 amide bonds. The van der Waals surface area contributed by atoms with Crippen LogP contribution in [0.25, 0.3) is 0 Å². The van der Waals surface area contributed by atoms with E-state index in [9.17, 15) is 13.2 Å². The van der Waals surface area contributed by atoms with Gasteiger partial charge >= 0.3 is 5.97 Å². The summed E-state index contributed by atoms with van der Waals surface area (Å²) in [6.45, 7) is 3.59. The van der Waals surface area contributed by atoms with E-state index >= 15 is 0 Å².